The third kappa shape index (κ3) is 6.85. The Morgan fingerprint density at radius 3 is 2.35 bits per heavy atom. The number of aromatic nitrogens is 2. The van der Waals surface area contributed by atoms with Gasteiger partial charge in [-0.05, 0) is 34.7 Å². The summed E-state index contributed by atoms with van der Waals surface area (Å²) in [6.45, 7) is 8.45. The van der Waals surface area contributed by atoms with Crippen molar-refractivity contribution in [2.24, 2.45) is 5.41 Å². The predicted molar refractivity (Wildman–Crippen MR) is 167 cm³/mol. The van der Waals surface area contributed by atoms with E-state index in [1.165, 1.54) is 0 Å². The van der Waals surface area contributed by atoms with Gasteiger partial charge in [0, 0.05) is 37.6 Å². The zero-order chi connectivity index (χ0) is 30.6. The molecule has 1 amide bonds. The Hall–Kier alpha value is -4.73. The van der Waals surface area contributed by atoms with Gasteiger partial charge in [0.2, 0.25) is 5.95 Å². The molecule has 1 aliphatic heterocycles. The fourth-order valence-electron chi connectivity index (χ4n) is 5.32. The van der Waals surface area contributed by atoms with Crippen LogP contribution >= 0.6 is 0 Å². The molecule has 1 aromatic heterocycles. The van der Waals surface area contributed by atoms with E-state index in [2.05, 4.69) is 31.0 Å². The lowest BCUT2D eigenvalue weighted by Gasteiger charge is -2.46. The van der Waals surface area contributed by atoms with Crippen molar-refractivity contribution in [3.05, 3.63) is 77.9 Å². The second kappa shape index (κ2) is 12.6. The molecule has 1 atom stereocenters. The molecule has 0 radical (unpaired) electrons. The van der Waals surface area contributed by atoms with Crippen LogP contribution in [-0.4, -0.2) is 66.0 Å². The van der Waals surface area contributed by atoms with E-state index < -0.39 is 6.09 Å². The molecule has 1 saturated heterocycles. The van der Waals surface area contributed by atoms with Crippen LogP contribution in [0.15, 0.2) is 66.7 Å². The topological polar surface area (TPSA) is 109 Å². The van der Waals surface area contributed by atoms with Crippen molar-refractivity contribution < 1.29 is 24.1 Å². The number of ether oxygens (including phenoxy) is 3. The number of methoxy groups -OCH3 is 2. The van der Waals surface area contributed by atoms with Gasteiger partial charge in [-0.25, -0.2) is 9.78 Å². The molecule has 10 heteroatoms. The molecular weight excluding hydrogens is 546 g/mol. The number of nitrogens with one attached hydrogen (secondary N) is 1. The second-order valence-electron chi connectivity index (χ2n) is 11.7. The average molecular weight is 586 g/mol. The van der Waals surface area contributed by atoms with Gasteiger partial charge >= 0.3 is 6.09 Å². The van der Waals surface area contributed by atoms with Gasteiger partial charge in [-0.2, -0.15) is 4.98 Å². The molecule has 1 fully saturated rings. The van der Waals surface area contributed by atoms with Crippen molar-refractivity contribution >= 4 is 28.8 Å². The standard InChI is InChI=1S/C33H39N5O5/c1-33(2,3)29-20-37(15-16-38(29)32(39)40)30-25-17-27(42-5)28(43-21-23-9-7-6-8-10-23)18-26(25)35-31(36-30)34-19-22-11-13-24(41-4)14-12-22/h6-14,17-18,29H,15-16,19-21H2,1-5H3,(H,39,40)(H,34,35,36). The molecule has 4 aromatic rings. The highest BCUT2D eigenvalue weighted by atomic mass is 16.5. The van der Waals surface area contributed by atoms with Gasteiger partial charge in [0.1, 0.15) is 18.2 Å². The monoisotopic (exact) mass is 585 g/mol. The first-order valence-electron chi connectivity index (χ1n) is 14.3. The van der Waals surface area contributed by atoms with Crippen LogP contribution in [0.25, 0.3) is 10.9 Å². The van der Waals surface area contributed by atoms with Crippen molar-refractivity contribution in [2.45, 2.75) is 40.0 Å². The number of hydrogen-bond donors (Lipinski definition) is 2. The summed E-state index contributed by atoms with van der Waals surface area (Å²) in [6, 6.07) is 21.3. The van der Waals surface area contributed by atoms with Gasteiger partial charge in [0.25, 0.3) is 0 Å². The fourth-order valence-corrected chi connectivity index (χ4v) is 5.32. The lowest BCUT2D eigenvalue weighted by molar-refractivity contribution is 0.0747. The maximum atomic E-state index is 12.1. The van der Waals surface area contributed by atoms with Crippen molar-refractivity contribution in [1.82, 2.24) is 14.9 Å². The van der Waals surface area contributed by atoms with Crippen LogP contribution < -0.4 is 24.4 Å². The summed E-state index contributed by atoms with van der Waals surface area (Å²) in [5.74, 6) is 3.12. The largest absolute Gasteiger partial charge is 0.497 e. The Kier molecular flexibility index (Phi) is 8.75. The first kappa shape index (κ1) is 29.8. The zero-order valence-corrected chi connectivity index (χ0v) is 25.3. The van der Waals surface area contributed by atoms with Crippen molar-refractivity contribution in [3.8, 4) is 17.2 Å². The number of anilines is 2. The van der Waals surface area contributed by atoms with E-state index in [0.717, 1.165) is 28.1 Å². The minimum atomic E-state index is -0.907. The maximum absolute atomic E-state index is 12.1. The molecule has 0 spiro atoms. The Morgan fingerprint density at radius 1 is 0.953 bits per heavy atom. The summed E-state index contributed by atoms with van der Waals surface area (Å²) in [4.78, 5) is 25.6. The smallest absolute Gasteiger partial charge is 0.407 e. The summed E-state index contributed by atoms with van der Waals surface area (Å²) in [7, 11) is 3.26. The van der Waals surface area contributed by atoms with Gasteiger partial charge in [0.15, 0.2) is 11.5 Å². The highest BCUT2D eigenvalue weighted by Gasteiger charge is 2.39. The van der Waals surface area contributed by atoms with Crippen molar-refractivity contribution in [1.29, 1.82) is 0 Å². The summed E-state index contributed by atoms with van der Waals surface area (Å²) >= 11 is 0. The zero-order valence-electron chi connectivity index (χ0n) is 25.3. The van der Waals surface area contributed by atoms with Gasteiger partial charge in [-0.1, -0.05) is 63.2 Å². The van der Waals surface area contributed by atoms with Crippen LogP contribution in [0.3, 0.4) is 0 Å². The lowest BCUT2D eigenvalue weighted by Crippen LogP contribution is -2.59. The van der Waals surface area contributed by atoms with Gasteiger partial charge in [-0.15, -0.1) is 0 Å². The Bertz CT molecular complexity index is 1560. The number of piperazine rings is 1. The van der Waals surface area contributed by atoms with Gasteiger partial charge in [0.05, 0.1) is 25.8 Å². The van der Waals surface area contributed by atoms with Crippen LogP contribution in [0.4, 0.5) is 16.6 Å². The predicted octanol–water partition coefficient (Wildman–Crippen LogP) is 6.05. The molecule has 1 unspecified atom stereocenters. The molecule has 10 nitrogen and oxygen atoms in total. The van der Waals surface area contributed by atoms with Crippen LogP contribution in [0, 0.1) is 5.41 Å². The Morgan fingerprint density at radius 2 is 1.70 bits per heavy atom. The molecule has 2 heterocycles. The summed E-state index contributed by atoms with van der Waals surface area (Å²) in [5.41, 5.74) is 2.51. The summed E-state index contributed by atoms with van der Waals surface area (Å²) in [5, 5.41) is 14.1. The maximum Gasteiger partial charge on any atom is 0.407 e. The van der Waals surface area contributed by atoms with Crippen LogP contribution in [0.2, 0.25) is 0 Å². The number of carboxylic acid groups (broad SMARTS) is 1. The third-order valence-corrected chi connectivity index (χ3v) is 7.73. The first-order chi connectivity index (χ1) is 20.7. The Labute approximate surface area is 252 Å². The van der Waals surface area contributed by atoms with Crippen LogP contribution in [0.5, 0.6) is 17.2 Å². The van der Waals surface area contributed by atoms with E-state index in [4.69, 9.17) is 24.2 Å². The average Bonchev–Trinajstić information content (AvgIpc) is 3.01. The summed E-state index contributed by atoms with van der Waals surface area (Å²) < 4.78 is 17.2. The second-order valence-corrected chi connectivity index (χ2v) is 11.7. The quantitative estimate of drug-likeness (QED) is 0.242. The van der Waals surface area contributed by atoms with Gasteiger partial charge < -0.3 is 34.4 Å². The fraction of sp³-hybridized carbons (Fsp3) is 0.364. The number of amides is 1. The molecule has 226 valence electrons. The molecule has 43 heavy (non-hydrogen) atoms. The molecule has 3 aromatic carbocycles. The molecule has 5 rings (SSSR count). The molecule has 1 aliphatic rings. The van der Waals surface area contributed by atoms with Crippen LogP contribution in [0.1, 0.15) is 31.9 Å². The highest BCUT2D eigenvalue weighted by Crippen LogP contribution is 2.38. The number of rotatable bonds is 9. The minimum Gasteiger partial charge on any atom is -0.497 e. The van der Waals surface area contributed by atoms with E-state index in [0.29, 0.717) is 55.7 Å². The summed E-state index contributed by atoms with van der Waals surface area (Å²) in [6.07, 6.45) is -0.907. The van der Waals surface area contributed by atoms with Gasteiger partial charge in [-0.3, -0.25) is 0 Å². The highest BCUT2D eigenvalue weighted by molar-refractivity contribution is 5.93. The number of carbonyl (C=O) groups is 1. The number of benzene rings is 3. The molecular formula is C33H39N5O5. The third-order valence-electron chi connectivity index (χ3n) is 7.73. The molecule has 0 aliphatic carbocycles. The Balaban J connectivity index is 1.53. The van der Waals surface area contributed by atoms with Crippen molar-refractivity contribution in [3.63, 3.8) is 0 Å². The molecule has 0 bridgehead atoms. The SMILES string of the molecule is COc1ccc(CNc2nc(N3CCN(C(=O)O)C(C(C)(C)C)C3)c3cc(OC)c(OCc4ccccc4)cc3n2)cc1. The molecule has 2 N–H and O–H groups in total. The van der Waals surface area contributed by atoms with Crippen LogP contribution in [-0.2, 0) is 13.2 Å². The normalized spacial score (nSPS) is 15.3. The van der Waals surface area contributed by atoms with Crippen molar-refractivity contribution in [2.75, 3.05) is 44.1 Å². The lowest BCUT2D eigenvalue weighted by atomic mass is 9.84. The first-order valence-corrected chi connectivity index (χ1v) is 14.3. The van der Waals surface area contributed by atoms with E-state index in [1.807, 2.05) is 66.7 Å². The van der Waals surface area contributed by atoms with E-state index in [9.17, 15) is 9.90 Å². The van der Waals surface area contributed by atoms with E-state index >= 15 is 0 Å². The minimum absolute atomic E-state index is 0.227. The number of nitrogens with zero attached hydrogens (tertiary/aromatic N) is 4. The van der Waals surface area contributed by atoms with E-state index in [-0.39, 0.29) is 11.5 Å². The molecule has 0 saturated carbocycles. The number of hydrogen-bond acceptors (Lipinski definition) is 8. The number of fused-ring (bicyclic) bond motifs is 1. The van der Waals surface area contributed by atoms with E-state index in [1.54, 1.807) is 19.1 Å².